The number of aromatic nitrogens is 2. The van der Waals surface area contributed by atoms with Crippen LogP contribution in [0.5, 0.6) is 0 Å². The van der Waals surface area contributed by atoms with Gasteiger partial charge in [0.25, 0.3) is 0 Å². The number of nitrogens with one attached hydrogen (secondary N) is 1. The highest BCUT2D eigenvalue weighted by Gasteiger charge is 2.30. The van der Waals surface area contributed by atoms with Crippen LogP contribution in [-0.2, 0) is 4.79 Å². The maximum atomic E-state index is 11.4. The number of likely N-dealkylation sites (N-methyl/N-ethyl adjacent to an activating group) is 1. The van der Waals surface area contributed by atoms with E-state index in [-0.39, 0.29) is 5.91 Å². The summed E-state index contributed by atoms with van der Waals surface area (Å²) in [5.74, 6) is 0.977. The third-order valence-corrected chi connectivity index (χ3v) is 4.34. The molecular formula is C9H16N4OS2. The zero-order valence-electron chi connectivity index (χ0n) is 9.61. The summed E-state index contributed by atoms with van der Waals surface area (Å²) >= 11 is 2.84. The van der Waals surface area contributed by atoms with Crippen molar-refractivity contribution in [2.75, 3.05) is 12.3 Å². The molecule has 1 atom stereocenters. The molecule has 1 unspecified atom stereocenters. The first kappa shape index (κ1) is 13.4. The van der Waals surface area contributed by atoms with Gasteiger partial charge in [0.1, 0.15) is 11.4 Å². The molecule has 90 valence electrons. The Kier molecular flexibility index (Phi) is 4.69. The Hall–Kier alpha value is -0.660. The van der Waals surface area contributed by atoms with Gasteiger partial charge in [0.15, 0.2) is 4.34 Å². The van der Waals surface area contributed by atoms with E-state index >= 15 is 0 Å². The first-order chi connectivity index (χ1) is 7.48. The smallest absolute Gasteiger partial charge is 0.238 e. The quantitative estimate of drug-likeness (QED) is 0.739. The number of amides is 1. The fourth-order valence-electron chi connectivity index (χ4n) is 1.14. The van der Waals surface area contributed by atoms with Gasteiger partial charge < -0.3 is 11.1 Å². The van der Waals surface area contributed by atoms with Crippen molar-refractivity contribution in [2.24, 2.45) is 5.73 Å². The van der Waals surface area contributed by atoms with Gasteiger partial charge in [-0.1, -0.05) is 18.7 Å². The molecule has 16 heavy (non-hydrogen) atoms. The second-order valence-corrected chi connectivity index (χ2v) is 5.60. The maximum absolute atomic E-state index is 11.4. The molecule has 0 aliphatic heterocycles. The summed E-state index contributed by atoms with van der Waals surface area (Å²) in [6.45, 7) is 6.30. The summed E-state index contributed by atoms with van der Waals surface area (Å²) < 4.78 is 4.95. The van der Waals surface area contributed by atoms with E-state index in [2.05, 4.69) is 14.7 Å². The van der Waals surface area contributed by atoms with E-state index in [1.807, 2.05) is 13.8 Å². The van der Waals surface area contributed by atoms with E-state index in [4.69, 9.17) is 5.73 Å². The molecule has 5 nitrogen and oxygen atoms in total. The van der Waals surface area contributed by atoms with Gasteiger partial charge in [0, 0.05) is 5.75 Å². The SMILES string of the molecule is CCNC(C)(CSc1nc(C)ns1)C(N)=O. The van der Waals surface area contributed by atoms with Crippen LogP contribution >= 0.6 is 23.3 Å². The van der Waals surface area contributed by atoms with Crippen molar-refractivity contribution in [1.29, 1.82) is 0 Å². The number of carbonyl (C=O) groups is 1. The zero-order valence-corrected chi connectivity index (χ0v) is 11.2. The van der Waals surface area contributed by atoms with Gasteiger partial charge in [-0.2, -0.15) is 4.37 Å². The Morgan fingerprint density at radius 3 is 2.81 bits per heavy atom. The number of hydrogen-bond donors (Lipinski definition) is 2. The van der Waals surface area contributed by atoms with E-state index < -0.39 is 5.54 Å². The molecule has 1 heterocycles. The van der Waals surface area contributed by atoms with Crippen molar-refractivity contribution in [3.63, 3.8) is 0 Å². The number of rotatable bonds is 6. The molecule has 1 rings (SSSR count). The van der Waals surface area contributed by atoms with Gasteiger partial charge in [-0.25, -0.2) is 4.98 Å². The summed E-state index contributed by atoms with van der Waals surface area (Å²) in [7, 11) is 0. The van der Waals surface area contributed by atoms with Crippen LogP contribution in [0.1, 0.15) is 19.7 Å². The number of primary amides is 1. The van der Waals surface area contributed by atoms with Gasteiger partial charge in [0.05, 0.1) is 0 Å². The topological polar surface area (TPSA) is 80.9 Å². The Morgan fingerprint density at radius 1 is 1.69 bits per heavy atom. The normalized spacial score (nSPS) is 14.7. The fraction of sp³-hybridized carbons (Fsp3) is 0.667. The van der Waals surface area contributed by atoms with E-state index in [0.29, 0.717) is 12.3 Å². The van der Waals surface area contributed by atoms with Gasteiger partial charge >= 0.3 is 0 Å². The van der Waals surface area contributed by atoms with Crippen molar-refractivity contribution in [2.45, 2.75) is 30.6 Å². The lowest BCUT2D eigenvalue weighted by Crippen LogP contribution is -2.55. The van der Waals surface area contributed by atoms with Crippen molar-refractivity contribution in [3.8, 4) is 0 Å². The third kappa shape index (κ3) is 3.43. The van der Waals surface area contributed by atoms with E-state index in [0.717, 1.165) is 10.2 Å². The second-order valence-electron chi connectivity index (χ2n) is 3.62. The molecule has 7 heteroatoms. The molecule has 0 saturated carbocycles. The van der Waals surface area contributed by atoms with Crippen LogP contribution in [0.25, 0.3) is 0 Å². The third-order valence-electron chi connectivity index (χ3n) is 2.10. The van der Waals surface area contributed by atoms with Crippen LogP contribution in [0.4, 0.5) is 0 Å². The van der Waals surface area contributed by atoms with Crippen molar-refractivity contribution < 1.29 is 4.79 Å². The highest BCUT2D eigenvalue weighted by atomic mass is 32.2. The van der Waals surface area contributed by atoms with Crippen molar-refractivity contribution in [3.05, 3.63) is 5.82 Å². The minimum atomic E-state index is -0.695. The zero-order chi connectivity index (χ0) is 12.2. The van der Waals surface area contributed by atoms with Crippen LogP contribution in [-0.4, -0.2) is 33.1 Å². The van der Waals surface area contributed by atoms with Crippen LogP contribution in [0, 0.1) is 6.92 Å². The molecule has 0 aliphatic carbocycles. The molecular weight excluding hydrogens is 244 g/mol. The van der Waals surface area contributed by atoms with Crippen LogP contribution in [0.15, 0.2) is 4.34 Å². The minimum Gasteiger partial charge on any atom is -0.368 e. The molecule has 0 aliphatic rings. The summed E-state index contributed by atoms with van der Waals surface area (Å²) in [5.41, 5.74) is 4.68. The van der Waals surface area contributed by atoms with Crippen LogP contribution < -0.4 is 11.1 Å². The molecule has 1 aromatic heterocycles. The number of hydrogen-bond acceptors (Lipinski definition) is 6. The molecule has 0 fully saturated rings. The molecule has 1 amide bonds. The number of aryl methyl sites for hydroxylation is 1. The lowest BCUT2D eigenvalue weighted by Gasteiger charge is -2.25. The van der Waals surface area contributed by atoms with Crippen molar-refractivity contribution >= 4 is 29.2 Å². The largest absolute Gasteiger partial charge is 0.368 e. The summed E-state index contributed by atoms with van der Waals surface area (Å²) in [6.07, 6.45) is 0. The van der Waals surface area contributed by atoms with Gasteiger partial charge in [-0.15, -0.1) is 0 Å². The first-order valence-electron chi connectivity index (χ1n) is 4.96. The number of nitrogens with zero attached hydrogens (tertiary/aromatic N) is 2. The average Bonchev–Trinajstić information content (AvgIpc) is 2.61. The molecule has 0 spiro atoms. The van der Waals surface area contributed by atoms with Gasteiger partial charge in [0.2, 0.25) is 5.91 Å². The number of thioether (sulfide) groups is 1. The Bertz CT molecular complexity index is 368. The predicted molar refractivity (Wildman–Crippen MR) is 66.6 cm³/mol. The van der Waals surface area contributed by atoms with Crippen molar-refractivity contribution in [1.82, 2.24) is 14.7 Å². The summed E-state index contributed by atoms with van der Waals surface area (Å²) in [6, 6.07) is 0. The highest BCUT2D eigenvalue weighted by molar-refractivity contribution is 8.01. The Balaban J connectivity index is 2.60. The lowest BCUT2D eigenvalue weighted by molar-refractivity contribution is -0.122. The molecule has 0 saturated heterocycles. The number of carbonyl (C=O) groups excluding carboxylic acids is 1. The number of nitrogens with two attached hydrogens (primary N) is 1. The Morgan fingerprint density at radius 2 is 2.38 bits per heavy atom. The molecule has 0 radical (unpaired) electrons. The highest BCUT2D eigenvalue weighted by Crippen LogP contribution is 2.24. The molecule has 1 aromatic rings. The maximum Gasteiger partial charge on any atom is 0.238 e. The summed E-state index contributed by atoms with van der Waals surface area (Å²) in [5, 5.41) is 3.10. The van der Waals surface area contributed by atoms with Crippen LogP contribution in [0.3, 0.4) is 0 Å². The van der Waals surface area contributed by atoms with E-state index in [1.165, 1.54) is 23.3 Å². The van der Waals surface area contributed by atoms with Crippen LogP contribution in [0.2, 0.25) is 0 Å². The molecule has 3 N–H and O–H groups in total. The van der Waals surface area contributed by atoms with E-state index in [9.17, 15) is 4.79 Å². The molecule has 0 bridgehead atoms. The van der Waals surface area contributed by atoms with Gasteiger partial charge in [-0.05, 0) is 31.9 Å². The predicted octanol–water partition coefficient (Wildman–Crippen LogP) is 0.792. The summed E-state index contributed by atoms with van der Waals surface area (Å²) in [4.78, 5) is 15.6. The lowest BCUT2D eigenvalue weighted by atomic mass is 10.1. The van der Waals surface area contributed by atoms with Gasteiger partial charge in [-0.3, -0.25) is 4.79 Å². The minimum absolute atomic E-state index is 0.344. The Labute approximate surface area is 103 Å². The average molecular weight is 260 g/mol. The second kappa shape index (κ2) is 5.60. The van der Waals surface area contributed by atoms with E-state index in [1.54, 1.807) is 6.92 Å². The first-order valence-corrected chi connectivity index (χ1v) is 6.72. The monoisotopic (exact) mass is 260 g/mol. The standard InChI is InChI=1S/C9H16N4OS2/c1-4-11-9(3,7(10)14)5-15-8-12-6(2)13-16-8/h11H,4-5H2,1-3H3,(H2,10,14). The molecule has 0 aromatic carbocycles. The fourth-order valence-corrected chi connectivity index (χ4v) is 2.92.